The monoisotopic (exact) mass is 202 g/mol. The summed E-state index contributed by atoms with van der Waals surface area (Å²) in [5.74, 6) is 3.43. The lowest BCUT2D eigenvalue weighted by Gasteiger charge is -2.18. The van der Waals surface area contributed by atoms with E-state index in [0.717, 1.165) is 6.42 Å². The molecule has 0 aliphatic heterocycles. The van der Waals surface area contributed by atoms with Crippen LogP contribution < -0.4 is 0 Å². The lowest BCUT2D eigenvalue weighted by Crippen LogP contribution is -2.04. The number of rotatable bonds is 2. The average molecular weight is 202 g/mol. The maximum atomic E-state index is 10.0. The summed E-state index contributed by atoms with van der Waals surface area (Å²) in [4.78, 5) is 0. The van der Waals surface area contributed by atoms with Gasteiger partial charge in [0.05, 0.1) is 0 Å². The molecule has 4 heteroatoms. The van der Waals surface area contributed by atoms with Crippen molar-refractivity contribution in [1.29, 1.82) is 0 Å². The Labute approximate surface area is 81.4 Å². The molecule has 1 atom stereocenters. The number of hydrogen-bond acceptors (Lipinski definition) is 2. The van der Waals surface area contributed by atoms with Crippen LogP contribution in [0.4, 0.5) is 0 Å². The Hall–Kier alpha value is -0.530. The van der Waals surface area contributed by atoms with E-state index in [0.29, 0.717) is 5.92 Å². The van der Waals surface area contributed by atoms with Gasteiger partial charge in [0.25, 0.3) is 0 Å². The van der Waals surface area contributed by atoms with Gasteiger partial charge in [0.15, 0.2) is 0 Å². The van der Waals surface area contributed by atoms with E-state index in [4.69, 9.17) is 4.55 Å². The zero-order valence-electron chi connectivity index (χ0n) is 7.49. The third-order valence-electron chi connectivity index (χ3n) is 2.30. The summed E-state index contributed by atoms with van der Waals surface area (Å²) >= 11 is -2.25. The molecule has 3 nitrogen and oxygen atoms in total. The van der Waals surface area contributed by atoms with Crippen molar-refractivity contribution >= 4 is 11.4 Å². The molecule has 1 aliphatic carbocycles. The zero-order chi connectivity index (χ0) is 9.52. The second-order valence-corrected chi connectivity index (χ2v) is 3.89. The molecule has 1 fully saturated rings. The molecule has 1 N–H and O–H groups in total. The van der Waals surface area contributed by atoms with Crippen molar-refractivity contribution in [2.75, 3.05) is 0 Å². The summed E-state index contributed by atoms with van der Waals surface area (Å²) in [6, 6.07) is 0. The van der Waals surface area contributed by atoms with Crippen LogP contribution in [0.25, 0.3) is 0 Å². The van der Waals surface area contributed by atoms with Gasteiger partial charge in [-0.3, -0.25) is 4.55 Å². The van der Waals surface area contributed by atoms with Gasteiger partial charge in [0, 0.05) is 6.42 Å². The first kappa shape index (κ1) is 10.6. The van der Waals surface area contributed by atoms with Crippen molar-refractivity contribution in [3.63, 3.8) is 0 Å². The van der Waals surface area contributed by atoms with Crippen molar-refractivity contribution in [2.24, 2.45) is 5.92 Å². The van der Waals surface area contributed by atoms with E-state index in [1.165, 1.54) is 32.1 Å². The van der Waals surface area contributed by atoms with E-state index in [9.17, 15) is 4.21 Å². The first-order chi connectivity index (χ1) is 6.29. The molecule has 0 aromatic rings. The molecular formula is C9H14O3S. The van der Waals surface area contributed by atoms with Gasteiger partial charge in [-0.2, -0.15) is 4.21 Å². The van der Waals surface area contributed by atoms with E-state index >= 15 is 0 Å². The van der Waals surface area contributed by atoms with E-state index < -0.39 is 11.4 Å². The average Bonchev–Trinajstić information content (AvgIpc) is 2.14. The Morgan fingerprint density at radius 3 is 2.69 bits per heavy atom. The summed E-state index contributed by atoms with van der Waals surface area (Å²) in [5, 5.41) is 0. The Morgan fingerprint density at radius 1 is 1.38 bits per heavy atom. The third-order valence-corrected chi connectivity index (χ3v) is 2.53. The highest BCUT2D eigenvalue weighted by Crippen LogP contribution is 2.25. The molecule has 1 unspecified atom stereocenters. The lowest BCUT2D eigenvalue weighted by atomic mass is 9.87. The maximum absolute atomic E-state index is 10.0. The summed E-state index contributed by atoms with van der Waals surface area (Å²) < 4.78 is 22.5. The predicted octanol–water partition coefficient (Wildman–Crippen LogP) is 2.07. The fraction of sp³-hybridized carbons (Fsp3) is 0.778. The highest BCUT2D eigenvalue weighted by molar-refractivity contribution is 7.74. The summed E-state index contributed by atoms with van der Waals surface area (Å²) in [7, 11) is 0. The van der Waals surface area contributed by atoms with Crippen molar-refractivity contribution in [3.05, 3.63) is 0 Å². The molecule has 74 valence electrons. The Bertz CT molecular complexity index is 223. The van der Waals surface area contributed by atoms with E-state index in [-0.39, 0.29) is 0 Å². The highest BCUT2D eigenvalue weighted by atomic mass is 32.2. The van der Waals surface area contributed by atoms with E-state index in [1.54, 1.807) is 0 Å². The van der Waals surface area contributed by atoms with Gasteiger partial charge in [0.2, 0.25) is 0 Å². The summed E-state index contributed by atoms with van der Waals surface area (Å²) in [6.07, 6.45) is 9.40. The van der Waals surface area contributed by atoms with Gasteiger partial charge in [-0.1, -0.05) is 25.2 Å². The molecule has 13 heavy (non-hydrogen) atoms. The minimum absolute atomic E-state index is 0.664. The van der Waals surface area contributed by atoms with Crippen molar-refractivity contribution in [2.45, 2.75) is 38.5 Å². The van der Waals surface area contributed by atoms with Gasteiger partial charge in [0.1, 0.15) is 6.11 Å². The van der Waals surface area contributed by atoms with Crippen molar-refractivity contribution in [3.8, 4) is 12.0 Å². The van der Waals surface area contributed by atoms with Gasteiger partial charge in [-0.05, 0) is 18.8 Å². The molecule has 0 aromatic carbocycles. The molecule has 1 rings (SSSR count). The van der Waals surface area contributed by atoms with Gasteiger partial charge < -0.3 is 4.18 Å². The molecule has 1 saturated carbocycles. The van der Waals surface area contributed by atoms with Crippen LogP contribution in [0.15, 0.2) is 0 Å². The highest BCUT2D eigenvalue weighted by Gasteiger charge is 2.11. The number of hydrogen-bond donors (Lipinski definition) is 1. The van der Waals surface area contributed by atoms with Gasteiger partial charge in [-0.15, -0.1) is 0 Å². The van der Waals surface area contributed by atoms with Crippen LogP contribution in [0.3, 0.4) is 0 Å². The fourth-order valence-corrected chi connectivity index (χ4v) is 1.77. The Morgan fingerprint density at radius 2 is 2.08 bits per heavy atom. The second kappa shape index (κ2) is 6.01. The largest absolute Gasteiger partial charge is 0.366 e. The molecular weight excluding hydrogens is 188 g/mol. The molecule has 0 radical (unpaired) electrons. The third kappa shape index (κ3) is 4.91. The molecule has 0 spiro atoms. The van der Waals surface area contributed by atoms with Crippen LogP contribution in [0.1, 0.15) is 38.5 Å². The van der Waals surface area contributed by atoms with Crippen LogP contribution in [-0.4, -0.2) is 8.76 Å². The normalized spacial score (nSPS) is 20.1. The van der Waals surface area contributed by atoms with Crippen LogP contribution in [0.5, 0.6) is 0 Å². The molecule has 0 amide bonds. The molecule has 0 saturated heterocycles. The fourth-order valence-electron chi connectivity index (χ4n) is 1.64. The molecule has 1 aliphatic rings. The zero-order valence-corrected chi connectivity index (χ0v) is 8.31. The quantitative estimate of drug-likeness (QED) is 0.551. The smallest absolute Gasteiger partial charge is 0.325 e. The standard InChI is InChI=1S/C9H14O3S/c10-13(11)12-8-4-7-9-5-2-1-3-6-9/h9H,1-3,5-7H2,(H,10,11). The minimum atomic E-state index is -2.25. The predicted molar refractivity (Wildman–Crippen MR) is 50.8 cm³/mol. The summed E-state index contributed by atoms with van der Waals surface area (Å²) in [6.45, 7) is 0. The molecule has 0 heterocycles. The first-order valence-electron chi connectivity index (χ1n) is 4.55. The van der Waals surface area contributed by atoms with Crippen molar-refractivity contribution in [1.82, 2.24) is 0 Å². The molecule has 0 aromatic heterocycles. The molecule has 0 bridgehead atoms. The van der Waals surface area contributed by atoms with E-state index in [2.05, 4.69) is 16.2 Å². The maximum Gasteiger partial charge on any atom is 0.366 e. The van der Waals surface area contributed by atoms with Crippen LogP contribution in [0.2, 0.25) is 0 Å². The lowest BCUT2D eigenvalue weighted by molar-refractivity contribution is 0.364. The SMILES string of the molecule is O=S(O)OC#CCC1CCCCC1. The van der Waals surface area contributed by atoms with E-state index in [1.807, 2.05) is 0 Å². The van der Waals surface area contributed by atoms with Crippen LogP contribution >= 0.6 is 0 Å². The van der Waals surface area contributed by atoms with Gasteiger partial charge >= 0.3 is 11.4 Å². The van der Waals surface area contributed by atoms with Crippen molar-refractivity contribution < 1.29 is 12.9 Å². The van der Waals surface area contributed by atoms with Crippen LogP contribution in [0, 0.1) is 17.9 Å². The van der Waals surface area contributed by atoms with Gasteiger partial charge in [-0.25, -0.2) is 0 Å². The Kier molecular flexibility index (Phi) is 4.87. The summed E-state index contributed by atoms with van der Waals surface area (Å²) in [5.41, 5.74) is 0. The van der Waals surface area contributed by atoms with Crippen LogP contribution in [-0.2, 0) is 15.5 Å². The first-order valence-corrected chi connectivity index (χ1v) is 5.58. The minimum Gasteiger partial charge on any atom is -0.325 e. The Balaban J connectivity index is 2.15. The topological polar surface area (TPSA) is 46.5 Å². The second-order valence-electron chi connectivity index (χ2n) is 3.29.